The highest BCUT2D eigenvalue weighted by Gasteiger charge is 2.24. The fourth-order valence-corrected chi connectivity index (χ4v) is 2.96. The fourth-order valence-electron chi connectivity index (χ4n) is 2.68. The quantitative estimate of drug-likeness (QED) is 0.863. The number of para-hydroxylation sites is 1. The van der Waals surface area contributed by atoms with E-state index in [1.165, 1.54) is 31.2 Å². The number of benzene rings is 1. The van der Waals surface area contributed by atoms with Gasteiger partial charge in [-0.3, -0.25) is 0 Å². The van der Waals surface area contributed by atoms with Crippen LogP contribution in [0.1, 0.15) is 31.2 Å². The topological polar surface area (TPSA) is 38.0 Å². The molecule has 94 valence electrons. The molecule has 0 heterocycles. The Morgan fingerprint density at radius 2 is 2.12 bits per heavy atom. The van der Waals surface area contributed by atoms with E-state index in [0.29, 0.717) is 12.0 Å². The van der Waals surface area contributed by atoms with Crippen molar-refractivity contribution in [3.63, 3.8) is 0 Å². The zero-order valence-corrected chi connectivity index (χ0v) is 11.1. The Morgan fingerprint density at radius 1 is 1.35 bits per heavy atom. The minimum absolute atomic E-state index is 0.479. The van der Waals surface area contributed by atoms with Gasteiger partial charge < -0.3 is 11.1 Å². The van der Waals surface area contributed by atoms with Gasteiger partial charge in [0.1, 0.15) is 0 Å². The number of halogens is 1. The molecule has 2 rings (SSSR count). The summed E-state index contributed by atoms with van der Waals surface area (Å²) in [6.07, 6.45) is 5.03. The van der Waals surface area contributed by atoms with E-state index in [4.69, 9.17) is 17.3 Å². The summed E-state index contributed by atoms with van der Waals surface area (Å²) in [4.78, 5) is 0. The third-order valence-electron chi connectivity index (χ3n) is 3.76. The van der Waals surface area contributed by atoms with E-state index in [0.717, 1.165) is 17.3 Å². The van der Waals surface area contributed by atoms with Crippen LogP contribution < -0.4 is 11.1 Å². The predicted octanol–water partition coefficient (Wildman–Crippen LogP) is 3.58. The van der Waals surface area contributed by atoms with E-state index in [9.17, 15) is 0 Å². The van der Waals surface area contributed by atoms with Crippen LogP contribution in [0.3, 0.4) is 0 Å². The van der Waals surface area contributed by atoms with Crippen LogP contribution in [0.4, 0.5) is 5.69 Å². The number of anilines is 1. The first-order valence-corrected chi connectivity index (χ1v) is 6.82. The minimum atomic E-state index is 0.479. The molecule has 1 aliphatic carbocycles. The van der Waals surface area contributed by atoms with E-state index < -0.39 is 0 Å². The molecular weight excluding hydrogens is 232 g/mol. The lowest BCUT2D eigenvalue weighted by Crippen LogP contribution is -2.36. The molecule has 0 amide bonds. The molecular formula is C14H21ClN2. The molecule has 0 bridgehead atoms. The van der Waals surface area contributed by atoms with Crippen LogP contribution in [-0.4, -0.2) is 12.6 Å². The van der Waals surface area contributed by atoms with E-state index in [2.05, 4.69) is 18.3 Å². The van der Waals surface area contributed by atoms with Crippen molar-refractivity contribution in [3.8, 4) is 0 Å². The third kappa shape index (κ3) is 2.93. The predicted molar refractivity (Wildman–Crippen MR) is 74.6 cm³/mol. The van der Waals surface area contributed by atoms with Crippen molar-refractivity contribution < 1.29 is 0 Å². The van der Waals surface area contributed by atoms with Crippen LogP contribution in [0, 0.1) is 12.8 Å². The van der Waals surface area contributed by atoms with Gasteiger partial charge in [-0.05, 0) is 43.9 Å². The maximum Gasteiger partial charge on any atom is 0.0640 e. The van der Waals surface area contributed by atoms with E-state index in [1.54, 1.807) is 0 Å². The van der Waals surface area contributed by atoms with E-state index >= 15 is 0 Å². The number of hydrogen-bond donors (Lipinski definition) is 2. The van der Waals surface area contributed by atoms with Crippen molar-refractivity contribution in [2.24, 2.45) is 11.7 Å². The summed E-state index contributed by atoms with van der Waals surface area (Å²) < 4.78 is 0. The van der Waals surface area contributed by atoms with Crippen molar-refractivity contribution in [3.05, 3.63) is 28.8 Å². The molecule has 0 radical (unpaired) electrons. The third-order valence-corrected chi connectivity index (χ3v) is 4.08. The van der Waals surface area contributed by atoms with E-state index in [1.807, 2.05) is 12.1 Å². The lowest BCUT2D eigenvalue weighted by atomic mass is 9.84. The standard InChI is InChI=1S/C14H21ClN2/c1-10-5-4-7-12(15)14(10)17-13-8-3-2-6-11(13)9-16/h4-5,7,11,13,17H,2-3,6,8-9,16H2,1H3. The Balaban J connectivity index is 2.13. The van der Waals surface area contributed by atoms with Crippen molar-refractivity contribution in [1.29, 1.82) is 0 Å². The van der Waals surface area contributed by atoms with Crippen molar-refractivity contribution in [1.82, 2.24) is 0 Å². The van der Waals surface area contributed by atoms with Crippen LogP contribution in [0.5, 0.6) is 0 Å². The molecule has 1 aromatic rings. The summed E-state index contributed by atoms with van der Waals surface area (Å²) in [5.74, 6) is 0.583. The number of aryl methyl sites for hydroxylation is 1. The molecule has 0 saturated heterocycles. The van der Waals surface area contributed by atoms with Gasteiger partial charge in [0.05, 0.1) is 10.7 Å². The van der Waals surface area contributed by atoms with Gasteiger partial charge in [0.25, 0.3) is 0 Å². The zero-order valence-electron chi connectivity index (χ0n) is 10.4. The summed E-state index contributed by atoms with van der Waals surface area (Å²) in [6.45, 7) is 2.86. The molecule has 2 nitrogen and oxygen atoms in total. The second-order valence-electron chi connectivity index (χ2n) is 4.96. The number of hydrogen-bond acceptors (Lipinski definition) is 2. The molecule has 1 fully saturated rings. The van der Waals surface area contributed by atoms with Crippen molar-refractivity contribution in [2.75, 3.05) is 11.9 Å². The van der Waals surface area contributed by atoms with Crippen molar-refractivity contribution >= 4 is 17.3 Å². The van der Waals surface area contributed by atoms with Gasteiger partial charge in [0.15, 0.2) is 0 Å². The van der Waals surface area contributed by atoms with Gasteiger partial charge >= 0.3 is 0 Å². The van der Waals surface area contributed by atoms with Crippen LogP contribution >= 0.6 is 11.6 Å². The lowest BCUT2D eigenvalue weighted by molar-refractivity contribution is 0.332. The maximum atomic E-state index is 6.25. The summed E-state index contributed by atoms with van der Waals surface area (Å²) in [6, 6.07) is 6.50. The molecule has 2 atom stereocenters. The summed E-state index contributed by atoms with van der Waals surface area (Å²) in [7, 11) is 0. The molecule has 0 aliphatic heterocycles. The van der Waals surface area contributed by atoms with Crippen LogP contribution in [0.15, 0.2) is 18.2 Å². The lowest BCUT2D eigenvalue weighted by Gasteiger charge is -2.32. The summed E-state index contributed by atoms with van der Waals surface area (Å²) in [5.41, 5.74) is 8.14. The molecule has 3 N–H and O–H groups in total. The number of rotatable bonds is 3. The second-order valence-corrected chi connectivity index (χ2v) is 5.37. The van der Waals surface area contributed by atoms with Crippen LogP contribution in [0.25, 0.3) is 0 Å². The van der Waals surface area contributed by atoms with Gasteiger partial charge in [-0.1, -0.05) is 36.6 Å². The zero-order chi connectivity index (χ0) is 12.3. The average Bonchev–Trinajstić information content (AvgIpc) is 2.34. The molecule has 1 aliphatic rings. The number of nitrogens with two attached hydrogens (primary N) is 1. The Morgan fingerprint density at radius 3 is 2.82 bits per heavy atom. The maximum absolute atomic E-state index is 6.25. The average molecular weight is 253 g/mol. The van der Waals surface area contributed by atoms with Gasteiger partial charge in [0.2, 0.25) is 0 Å². The summed E-state index contributed by atoms with van der Waals surface area (Å²) >= 11 is 6.25. The minimum Gasteiger partial charge on any atom is -0.381 e. The normalized spacial score (nSPS) is 24.6. The first kappa shape index (κ1) is 12.7. The monoisotopic (exact) mass is 252 g/mol. The first-order valence-electron chi connectivity index (χ1n) is 6.44. The smallest absolute Gasteiger partial charge is 0.0640 e. The Bertz CT molecular complexity index is 358. The molecule has 3 heteroatoms. The van der Waals surface area contributed by atoms with Gasteiger partial charge in [-0.15, -0.1) is 0 Å². The number of nitrogens with one attached hydrogen (secondary N) is 1. The molecule has 1 saturated carbocycles. The van der Waals surface area contributed by atoms with Gasteiger partial charge in [-0.2, -0.15) is 0 Å². The molecule has 0 aromatic heterocycles. The van der Waals surface area contributed by atoms with Crippen molar-refractivity contribution in [2.45, 2.75) is 38.6 Å². The highest BCUT2D eigenvalue weighted by Crippen LogP contribution is 2.31. The molecule has 17 heavy (non-hydrogen) atoms. The highest BCUT2D eigenvalue weighted by atomic mass is 35.5. The Hall–Kier alpha value is -0.730. The largest absolute Gasteiger partial charge is 0.381 e. The van der Waals surface area contributed by atoms with Gasteiger partial charge in [0, 0.05) is 6.04 Å². The highest BCUT2D eigenvalue weighted by molar-refractivity contribution is 6.33. The second kappa shape index (κ2) is 5.74. The first-order chi connectivity index (χ1) is 8.22. The van der Waals surface area contributed by atoms with Crippen LogP contribution in [0.2, 0.25) is 5.02 Å². The Labute approximate surface area is 109 Å². The Kier molecular flexibility index (Phi) is 4.30. The SMILES string of the molecule is Cc1cccc(Cl)c1NC1CCCCC1CN. The van der Waals surface area contributed by atoms with E-state index in [-0.39, 0.29) is 0 Å². The van der Waals surface area contributed by atoms with Gasteiger partial charge in [-0.25, -0.2) is 0 Å². The van der Waals surface area contributed by atoms with Crippen LogP contribution in [-0.2, 0) is 0 Å². The molecule has 2 unspecified atom stereocenters. The molecule has 1 aromatic carbocycles. The summed E-state index contributed by atoms with van der Waals surface area (Å²) in [5, 5.41) is 4.42. The fraction of sp³-hybridized carbons (Fsp3) is 0.571. The molecule has 0 spiro atoms.